The van der Waals surface area contributed by atoms with Crippen LogP contribution in [0.4, 0.5) is 0 Å². The third-order valence-electron chi connectivity index (χ3n) is 6.72. The van der Waals surface area contributed by atoms with Crippen LogP contribution in [-0.4, -0.2) is 36.7 Å². The van der Waals surface area contributed by atoms with E-state index in [2.05, 4.69) is 0 Å². The van der Waals surface area contributed by atoms with Gasteiger partial charge in [-0.25, -0.2) is 4.79 Å². The fourth-order valence-corrected chi connectivity index (χ4v) is 4.44. The van der Waals surface area contributed by atoms with Crippen molar-refractivity contribution in [2.75, 3.05) is 6.61 Å². The fraction of sp³-hybridized carbons (Fsp3) is 0.833. The summed E-state index contributed by atoms with van der Waals surface area (Å²) in [5, 5.41) is 0. The maximum Gasteiger partial charge on any atom is 0.344 e. The van der Waals surface area contributed by atoms with E-state index in [9.17, 15) is 14.4 Å². The van der Waals surface area contributed by atoms with Gasteiger partial charge in [0.05, 0.1) is 10.8 Å². The second kappa shape index (κ2) is 5.20. The van der Waals surface area contributed by atoms with Crippen LogP contribution in [0.3, 0.4) is 0 Å². The monoisotopic (exact) mass is 338 g/mol. The van der Waals surface area contributed by atoms with Crippen LogP contribution < -0.4 is 0 Å². The molecule has 6 nitrogen and oxygen atoms in total. The van der Waals surface area contributed by atoms with Crippen molar-refractivity contribution in [3.63, 3.8) is 0 Å². The highest BCUT2D eigenvalue weighted by Gasteiger charge is 2.76. The average Bonchev–Trinajstić information content (AvgIpc) is 2.97. The number of hydrogen-bond donors (Lipinski definition) is 0. The van der Waals surface area contributed by atoms with Gasteiger partial charge >= 0.3 is 17.9 Å². The molecule has 0 aromatic rings. The summed E-state index contributed by atoms with van der Waals surface area (Å²) in [7, 11) is 0. The quantitative estimate of drug-likeness (QED) is 0.565. The first-order valence-electron chi connectivity index (χ1n) is 8.63. The number of fused-ring (bicyclic) bond motifs is 1. The minimum Gasteiger partial charge on any atom is -0.457 e. The van der Waals surface area contributed by atoms with E-state index in [4.69, 9.17) is 14.2 Å². The Bertz CT molecular complexity index is 596. The Morgan fingerprint density at radius 3 is 2.58 bits per heavy atom. The molecule has 1 heterocycles. The molecule has 0 aromatic carbocycles. The van der Waals surface area contributed by atoms with Gasteiger partial charge in [-0.3, -0.25) is 9.59 Å². The van der Waals surface area contributed by atoms with Gasteiger partial charge in [-0.1, -0.05) is 13.8 Å². The molecule has 2 aliphatic carbocycles. The Kier molecular flexibility index (Phi) is 3.74. The molecular formula is C18H26O6. The van der Waals surface area contributed by atoms with Gasteiger partial charge in [0.1, 0.15) is 12.2 Å². The molecule has 2 saturated carbocycles. The first-order chi connectivity index (χ1) is 11.0. The van der Waals surface area contributed by atoms with E-state index in [1.54, 1.807) is 13.8 Å². The van der Waals surface area contributed by atoms with Crippen LogP contribution in [0.5, 0.6) is 0 Å². The molecule has 24 heavy (non-hydrogen) atoms. The van der Waals surface area contributed by atoms with Crippen LogP contribution in [0.2, 0.25) is 0 Å². The fourth-order valence-electron chi connectivity index (χ4n) is 4.44. The lowest BCUT2D eigenvalue weighted by molar-refractivity contribution is -0.173. The number of carbonyl (C=O) groups is 3. The highest BCUT2D eigenvalue weighted by atomic mass is 16.6. The maximum absolute atomic E-state index is 12.2. The van der Waals surface area contributed by atoms with Gasteiger partial charge in [0, 0.05) is 11.3 Å². The standard InChI is InChI=1S/C18H26O6/c1-6-16(2,3)14(20)22-9-11(19)23-12-10-7-17(4)13(12)24-15(21)18(17,5)8-10/h10,12-13H,6-9H2,1-5H3. The molecule has 6 heteroatoms. The lowest BCUT2D eigenvalue weighted by atomic mass is 9.65. The Hall–Kier alpha value is -1.59. The van der Waals surface area contributed by atoms with Crippen LogP contribution in [-0.2, 0) is 28.6 Å². The second-order valence-electron chi connectivity index (χ2n) is 8.51. The van der Waals surface area contributed by atoms with Crippen molar-refractivity contribution in [2.45, 2.75) is 66.1 Å². The number of hydrogen-bond acceptors (Lipinski definition) is 6. The van der Waals surface area contributed by atoms with Crippen molar-refractivity contribution in [3.05, 3.63) is 0 Å². The number of carbonyl (C=O) groups excluding carboxylic acids is 3. The van der Waals surface area contributed by atoms with Crippen LogP contribution >= 0.6 is 0 Å². The summed E-state index contributed by atoms with van der Waals surface area (Å²) >= 11 is 0. The first-order valence-corrected chi connectivity index (χ1v) is 8.63. The molecule has 0 radical (unpaired) electrons. The first kappa shape index (κ1) is 17.2. The van der Waals surface area contributed by atoms with E-state index < -0.39 is 35.5 Å². The van der Waals surface area contributed by atoms with Crippen molar-refractivity contribution in [3.8, 4) is 0 Å². The van der Waals surface area contributed by atoms with Crippen molar-refractivity contribution in [1.82, 2.24) is 0 Å². The molecule has 3 aliphatic rings. The number of ether oxygens (including phenoxy) is 3. The summed E-state index contributed by atoms with van der Waals surface area (Å²) in [5.74, 6) is -1.06. The smallest absolute Gasteiger partial charge is 0.344 e. The maximum atomic E-state index is 12.2. The zero-order valence-corrected chi connectivity index (χ0v) is 15.0. The predicted octanol–water partition coefficient (Wildman–Crippen LogP) is 2.24. The van der Waals surface area contributed by atoms with Crippen LogP contribution in [0.15, 0.2) is 0 Å². The van der Waals surface area contributed by atoms with E-state index in [-0.39, 0.29) is 23.4 Å². The van der Waals surface area contributed by atoms with Gasteiger partial charge in [0.25, 0.3) is 0 Å². The molecule has 134 valence electrons. The summed E-state index contributed by atoms with van der Waals surface area (Å²) in [6.07, 6.45) is 1.31. The van der Waals surface area contributed by atoms with Crippen molar-refractivity contribution in [1.29, 1.82) is 0 Å². The Labute approximate surface area is 142 Å². The summed E-state index contributed by atoms with van der Waals surface area (Å²) in [4.78, 5) is 36.2. The Morgan fingerprint density at radius 1 is 1.29 bits per heavy atom. The van der Waals surface area contributed by atoms with Crippen molar-refractivity contribution < 1.29 is 28.6 Å². The largest absolute Gasteiger partial charge is 0.457 e. The minimum atomic E-state index is -0.622. The van der Waals surface area contributed by atoms with E-state index >= 15 is 0 Å². The zero-order chi connectivity index (χ0) is 17.9. The molecule has 0 N–H and O–H groups in total. The van der Waals surface area contributed by atoms with Gasteiger partial charge in [-0.15, -0.1) is 0 Å². The SMILES string of the molecule is CCC(C)(C)C(=O)OCC(=O)OC1C2CC3(C)C(=O)OC1C3(C)C2. The third-order valence-corrected chi connectivity index (χ3v) is 6.72. The summed E-state index contributed by atoms with van der Waals surface area (Å²) in [5.41, 5.74) is -1.37. The van der Waals surface area contributed by atoms with E-state index in [0.717, 1.165) is 6.42 Å². The Balaban J connectivity index is 1.60. The predicted molar refractivity (Wildman–Crippen MR) is 83.7 cm³/mol. The summed E-state index contributed by atoms with van der Waals surface area (Å²) in [6.45, 7) is 9.02. The second-order valence-corrected chi connectivity index (χ2v) is 8.51. The average molecular weight is 338 g/mol. The van der Waals surface area contributed by atoms with Crippen molar-refractivity contribution in [2.24, 2.45) is 22.2 Å². The van der Waals surface area contributed by atoms with Crippen LogP contribution in [0.25, 0.3) is 0 Å². The molecule has 1 aliphatic heterocycles. The zero-order valence-electron chi connectivity index (χ0n) is 15.0. The van der Waals surface area contributed by atoms with Gasteiger partial charge in [-0.05, 0) is 40.0 Å². The third kappa shape index (κ3) is 2.18. The molecule has 1 saturated heterocycles. The van der Waals surface area contributed by atoms with E-state index in [0.29, 0.717) is 12.8 Å². The molecule has 0 aromatic heterocycles. The van der Waals surface area contributed by atoms with Gasteiger partial charge in [0.15, 0.2) is 6.61 Å². The molecule has 2 bridgehead atoms. The van der Waals surface area contributed by atoms with Crippen LogP contribution in [0.1, 0.15) is 53.9 Å². The lowest BCUT2D eigenvalue weighted by Crippen LogP contribution is -2.45. The molecule has 3 rings (SSSR count). The normalized spacial score (nSPS) is 39.7. The molecule has 3 fully saturated rings. The molecular weight excluding hydrogens is 312 g/mol. The van der Waals surface area contributed by atoms with Gasteiger partial charge in [-0.2, -0.15) is 0 Å². The minimum absolute atomic E-state index is 0.128. The lowest BCUT2D eigenvalue weighted by Gasteiger charge is -2.36. The van der Waals surface area contributed by atoms with E-state index in [1.165, 1.54) is 0 Å². The van der Waals surface area contributed by atoms with E-state index in [1.807, 2.05) is 20.8 Å². The van der Waals surface area contributed by atoms with Gasteiger partial charge < -0.3 is 14.2 Å². The number of esters is 3. The van der Waals surface area contributed by atoms with Crippen LogP contribution in [0, 0.1) is 22.2 Å². The highest BCUT2D eigenvalue weighted by molar-refractivity contribution is 5.82. The highest BCUT2D eigenvalue weighted by Crippen LogP contribution is 2.69. The van der Waals surface area contributed by atoms with Gasteiger partial charge in [0.2, 0.25) is 0 Å². The Morgan fingerprint density at radius 2 is 1.96 bits per heavy atom. The molecule has 5 atom stereocenters. The summed E-state index contributed by atoms with van der Waals surface area (Å²) in [6, 6.07) is 0. The molecule has 0 spiro atoms. The topological polar surface area (TPSA) is 78.9 Å². The molecule has 5 unspecified atom stereocenters. The number of rotatable bonds is 5. The molecule has 0 amide bonds. The van der Waals surface area contributed by atoms with Crippen molar-refractivity contribution >= 4 is 17.9 Å². The summed E-state index contributed by atoms with van der Waals surface area (Å²) < 4.78 is 16.1.